The first-order valence-corrected chi connectivity index (χ1v) is 8.21. The Hall–Kier alpha value is -2.62. The Bertz CT molecular complexity index is 825. The van der Waals surface area contributed by atoms with Crippen LogP contribution in [-0.2, 0) is 20.8 Å². The first-order chi connectivity index (χ1) is 12.4. The summed E-state index contributed by atoms with van der Waals surface area (Å²) in [6.07, 6.45) is -0.0850. The fourth-order valence-electron chi connectivity index (χ4n) is 2.84. The van der Waals surface area contributed by atoms with E-state index in [1.165, 1.54) is 10.8 Å². The van der Waals surface area contributed by atoms with Crippen LogP contribution < -0.4 is 11.2 Å². The first-order valence-electron chi connectivity index (χ1n) is 8.21. The van der Waals surface area contributed by atoms with Gasteiger partial charge in [-0.2, -0.15) is 0 Å². The van der Waals surface area contributed by atoms with Crippen molar-refractivity contribution in [1.82, 2.24) is 9.13 Å². The molecule has 3 atom stereocenters. The van der Waals surface area contributed by atoms with Gasteiger partial charge in [-0.1, -0.05) is 5.11 Å². The molecule has 11 nitrogen and oxygen atoms in total. The van der Waals surface area contributed by atoms with E-state index >= 15 is 0 Å². The molecular weight excluding hydrogens is 346 g/mol. The fourth-order valence-corrected chi connectivity index (χ4v) is 2.84. The van der Waals surface area contributed by atoms with E-state index in [9.17, 15) is 19.5 Å². The summed E-state index contributed by atoms with van der Waals surface area (Å²) in [6, 6.07) is -0.623. The fraction of sp³-hybridized carbons (Fsp3) is 0.667. The molecule has 0 bridgehead atoms. The summed E-state index contributed by atoms with van der Waals surface area (Å²) < 4.78 is 12.6. The summed E-state index contributed by atoms with van der Waals surface area (Å²) in [7, 11) is 0. The van der Waals surface area contributed by atoms with E-state index < -0.39 is 35.6 Å². The highest BCUT2D eigenvalue weighted by molar-refractivity contribution is 5.69. The van der Waals surface area contributed by atoms with E-state index in [0.717, 1.165) is 4.57 Å². The lowest BCUT2D eigenvalue weighted by Gasteiger charge is -2.17. The number of aromatic nitrogens is 2. The lowest BCUT2D eigenvalue weighted by molar-refractivity contribution is -0.143. The highest BCUT2D eigenvalue weighted by atomic mass is 16.5. The molecule has 1 fully saturated rings. The van der Waals surface area contributed by atoms with Crippen molar-refractivity contribution < 1.29 is 19.4 Å². The van der Waals surface area contributed by atoms with Gasteiger partial charge in [0, 0.05) is 29.6 Å². The number of hydrogen-bond donors (Lipinski definition) is 1. The Kier molecular flexibility index (Phi) is 6.56. The number of aryl methyl sites for hydroxylation is 1. The van der Waals surface area contributed by atoms with Gasteiger partial charge < -0.3 is 14.6 Å². The average Bonchev–Trinajstić information content (AvgIpc) is 3.01. The second-order valence-corrected chi connectivity index (χ2v) is 5.83. The molecule has 2 rings (SSSR count). The van der Waals surface area contributed by atoms with Gasteiger partial charge in [-0.15, -0.1) is 0 Å². The van der Waals surface area contributed by atoms with Crippen LogP contribution in [0.25, 0.3) is 10.4 Å². The molecule has 0 amide bonds. The van der Waals surface area contributed by atoms with Gasteiger partial charge in [-0.3, -0.25) is 18.7 Å². The molecule has 11 heteroatoms. The van der Waals surface area contributed by atoms with Crippen molar-refractivity contribution in [3.63, 3.8) is 0 Å². The third-order valence-corrected chi connectivity index (χ3v) is 4.11. The summed E-state index contributed by atoms with van der Waals surface area (Å²) in [5.74, 6) is -0.507. The Morgan fingerprint density at radius 3 is 2.88 bits per heavy atom. The topological polar surface area (TPSA) is 149 Å². The zero-order valence-electron chi connectivity index (χ0n) is 14.6. The van der Waals surface area contributed by atoms with E-state index in [4.69, 9.17) is 15.0 Å². The van der Waals surface area contributed by atoms with Crippen LogP contribution in [0.15, 0.2) is 20.9 Å². The van der Waals surface area contributed by atoms with Gasteiger partial charge in [0.1, 0.15) is 6.23 Å². The largest absolute Gasteiger partial charge is 0.466 e. The highest BCUT2D eigenvalue weighted by Crippen LogP contribution is 2.29. The molecule has 26 heavy (non-hydrogen) atoms. The Balaban J connectivity index is 2.33. The van der Waals surface area contributed by atoms with Gasteiger partial charge in [0.25, 0.3) is 5.56 Å². The predicted octanol–water partition coefficient (Wildman–Crippen LogP) is 0.230. The SMILES string of the molecule is CCOC(=O)CCn1c(=O)c(C)cn([C@H]2C[C@H](N=[N+]=[N-])[C@@H](CO)O2)c1=O. The number of carbonyl (C=O) groups is 1. The average molecular weight is 367 g/mol. The number of nitrogens with zero attached hydrogens (tertiary/aromatic N) is 5. The molecule has 0 spiro atoms. The summed E-state index contributed by atoms with van der Waals surface area (Å²) >= 11 is 0. The van der Waals surface area contributed by atoms with Crippen LogP contribution >= 0.6 is 0 Å². The van der Waals surface area contributed by atoms with Gasteiger partial charge in [0.15, 0.2) is 0 Å². The number of hydrogen-bond acceptors (Lipinski definition) is 7. The van der Waals surface area contributed by atoms with Crippen molar-refractivity contribution >= 4 is 5.97 Å². The molecule has 2 heterocycles. The minimum Gasteiger partial charge on any atom is -0.466 e. The van der Waals surface area contributed by atoms with Crippen LogP contribution in [-0.4, -0.2) is 45.6 Å². The molecule has 0 saturated carbocycles. The van der Waals surface area contributed by atoms with Gasteiger partial charge in [0.05, 0.1) is 31.8 Å². The smallest absolute Gasteiger partial charge is 0.333 e. The normalized spacial score (nSPS) is 22.0. The van der Waals surface area contributed by atoms with Gasteiger partial charge in [0.2, 0.25) is 0 Å². The van der Waals surface area contributed by atoms with Crippen molar-refractivity contribution in [2.24, 2.45) is 5.11 Å². The number of ether oxygens (including phenoxy) is 2. The van der Waals surface area contributed by atoms with Crippen molar-refractivity contribution in [3.05, 3.63) is 43.0 Å². The van der Waals surface area contributed by atoms with Crippen molar-refractivity contribution in [1.29, 1.82) is 0 Å². The zero-order valence-corrected chi connectivity index (χ0v) is 14.6. The maximum absolute atomic E-state index is 12.7. The third-order valence-electron chi connectivity index (χ3n) is 4.11. The molecule has 1 saturated heterocycles. The monoisotopic (exact) mass is 367 g/mol. The van der Waals surface area contributed by atoms with Crippen LogP contribution in [0.5, 0.6) is 0 Å². The van der Waals surface area contributed by atoms with Gasteiger partial charge >= 0.3 is 11.7 Å². The molecule has 0 aromatic carbocycles. The molecule has 1 aliphatic rings. The third kappa shape index (κ3) is 4.13. The number of esters is 1. The minimum absolute atomic E-state index is 0.113. The van der Waals surface area contributed by atoms with Crippen LogP contribution in [0.3, 0.4) is 0 Å². The second kappa shape index (κ2) is 8.65. The number of carbonyl (C=O) groups excluding carboxylic acids is 1. The molecule has 142 valence electrons. The summed E-state index contributed by atoms with van der Waals surface area (Å²) in [6.45, 7) is 2.94. The van der Waals surface area contributed by atoms with E-state index in [1.807, 2.05) is 0 Å². The molecule has 1 N–H and O–H groups in total. The number of aliphatic hydroxyl groups excluding tert-OH is 1. The summed E-state index contributed by atoms with van der Waals surface area (Å²) in [5, 5.41) is 12.9. The van der Waals surface area contributed by atoms with Crippen molar-refractivity contribution in [2.75, 3.05) is 13.2 Å². The van der Waals surface area contributed by atoms with Gasteiger partial charge in [-0.05, 0) is 19.4 Å². The predicted molar refractivity (Wildman–Crippen MR) is 89.5 cm³/mol. The molecule has 0 aliphatic carbocycles. The molecular formula is C15H21N5O6. The number of aliphatic hydroxyl groups is 1. The Morgan fingerprint density at radius 2 is 2.27 bits per heavy atom. The Morgan fingerprint density at radius 1 is 1.54 bits per heavy atom. The maximum atomic E-state index is 12.7. The standard InChI is InChI=1S/C15H21N5O6/c1-3-25-13(22)4-5-19-14(23)9(2)7-20(15(19)24)12-6-10(17-18-16)11(8-21)26-12/h7,10-12,21H,3-6,8H2,1-2H3/t10-,11+,12+/m0/s1. The number of azide groups is 1. The molecule has 0 radical (unpaired) electrons. The molecule has 1 aromatic heterocycles. The minimum atomic E-state index is -0.789. The van der Waals surface area contributed by atoms with E-state index in [0.29, 0.717) is 5.56 Å². The summed E-state index contributed by atoms with van der Waals surface area (Å²) in [5.41, 5.74) is 7.75. The van der Waals surface area contributed by atoms with Crippen molar-refractivity contribution in [3.8, 4) is 0 Å². The zero-order chi connectivity index (χ0) is 19.3. The number of rotatable bonds is 7. The molecule has 1 aromatic rings. The lowest BCUT2D eigenvalue weighted by atomic mass is 10.1. The molecule has 0 unspecified atom stereocenters. The maximum Gasteiger partial charge on any atom is 0.333 e. The van der Waals surface area contributed by atoms with Crippen LogP contribution in [0.1, 0.15) is 31.6 Å². The van der Waals surface area contributed by atoms with E-state index in [1.54, 1.807) is 13.8 Å². The van der Waals surface area contributed by atoms with Crippen LogP contribution in [0.4, 0.5) is 0 Å². The van der Waals surface area contributed by atoms with E-state index in [-0.39, 0.29) is 32.6 Å². The van der Waals surface area contributed by atoms with Crippen LogP contribution in [0, 0.1) is 6.92 Å². The van der Waals surface area contributed by atoms with Crippen molar-refractivity contribution in [2.45, 2.75) is 51.6 Å². The van der Waals surface area contributed by atoms with Crippen LogP contribution in [0.2, 0.25) is 0 Å². The second-order valence-electron chi connectivity index (χ2n) is 5.83. The summed E-state index contributed by atoms with van der Waals surface area (Å²) in [4.78, 5) is 39.2. The van der Waals surface area contributed by atoms with E-state index in [2.05, 4.69) is 10.0 Å². The highest BCUT2D eigenvalue weighted by Gasteiger charge is 2.36. The molecule has 1 aliphatic heterocycles. The quantitative estimate of drug-likeness (QED) is 0.315. The van der Waals surface area contributed by atoms with Gasteiger partial charge in [-0.25, -0.2) is 4.79 Å². The first kappa shape index (κ1) is 19.7. The lowest BCUT2D eigenvalue weighted by Crippen LogP contribution is -2.42. The Labute approximate surface area is 148 Å².